The van der Waals surface area contributed by atoms with Crippen molar-refractivity contribution in [1.82, 2.24) is 0 Å². The fourth-order valence-electron chi connectivity index (χ4n) is 1.37. The highest BCUT2D eigenvalue weighted by molar-refractivity contribution is 5.82. The molecule has 0 aliphatic carbocycles. The van der Waals surface area contributed by atoms with Crippen molar-refractivity contribution in [1.29, 1.82) is 0 Å². The van der Waals surface area contributed by atoms with Crippen LogP contribution in [0.2, 0.25) is 0 Å². The van der Waals surface area contributed by atoms with Crippen molar-refractivity contribution < 1.29 is 17.6 Å². The van der Waals surface area contributed by atoms with Gasteiger partial charge in [0.1, 0.15) is 23.3 Å². The molecule has 0 atom stereocenters. The van der Waals surface area contributed by atoms with E-state index in [1.165, 1.54) is 18.2 Å². The lowest BCUT2D eigenvalue weighted by Crippen LogP contribution is -1.95. The van der Waals surface area contributed by atoms with Crippen LogP contribution in [0.25, 0.3) is 0 Å². The number of hydrogen-bond donors (Lipinski definition) is 0. The van der Waals surface area contributed by atoms with Gasteiger partial charge in [-0.1, -0.05) is 6.07 Å². The molecule has 0 aliphatic heterocycles. The van der Waals surface area contributed by atoms with Gasteiger partial charge in [0.2, 0.25) is 0 Å². The van der Waals surface area contributed by atoms with Crippen LogP contribution in [0.15, 0.2) is 41.4 Å². The monoisotopic (exact) mass is 253 g/mol. The smallest absolute Gasteiger partial charge is 0.137 e. The van der Waals surface area contributed by atoms with Gasteiger partial charge in [0.15, 0.2) is 0 Å². The topological polar surface area (TPSA) is 12.4 Å². The van der Waals surface area contributed by atoms with E-state index < -0.39 is 28.8 Å². The Hall–Kier alpha value is -2.17. The van der Waals surface area contributed by atoms with Crippen LogP contribution in [0, 0.1) is 23.3 Å². The zero-order chi connectivity index (χ0) is 13.1. The number of halogens is 4. The minimum atomic E-state index is -1.06. The lowest BCUT2D eigenvalue weighted by molar-refractivity contribution is 0.541. The normalized spacial score (nSPS) is 11.1. The Bertz CT molecular complexity index is 585. The molecule has 0 saturated heterocycles. The number of benzene rings is 2. The highest BCUT2D eigenvalue weighted by Crippen LogP contribution is 2.16. The molecule has 0 spiro atoms. The fraction of sp³-hybridized carbons (Fsp3) is 0. The molecule has 0 bridgehead atoms. The van der Waals surface area contributed by atoms with Gasteiger partial charge in [-0.05, 0) is 18.2 Å². The van der Waals surface area contributed by atoms with Crippen molar-refractivity contribution in [3.8, 4) is 0 Å². The summed E-state index contributed by atoms with van der Waals surface area (Å²) in [6.07, 6.45) is 0.888. The van der Waals surface area contributed by atoms with E-state index in [9.17, 15) is 17.6 Å². The SMILES string of the molecule is Fc1cccc(/N=C/c2c(F)cc(F)cc2F)c1. The number of aliphatic imine (C=N–C) groups is 1. The molecule has 0 saturated carbocycles. The summed E-state index contributed by atoms with van der Waals surface area (Å²) in [5.41, 5.74) is -0.265. The Morgan fingerprint density at radius 3 is 2.11 bits per heavy atom. The van der Waals surface area contributed by atoms with Crippen molar-refractivity contribution in [2.24, 2.45) is 4.99 Å². The van der Waals surface area contributed by atoms with Gasteiger partial charge in [-0.3, -0.25) is 4.99 Å². The average Bonchev–Trinajstić information content (AvgIpc) is 2.27. The van der Waals surface area contributed by atoms with Gasteiger partial charge in [-0.15, -0.1) is 0 Å². The molecule has 0 radical (unpaired) electrons. The second kappa shape index (κ2) is 5.00. The molecule has 2 aromatic rings. The third-order valence-corrected chi connectivity index (χ3v) is 2.19. The maximum Gasteiger partial charge on any atom is 0.137 e. The highest BCUT2D eigenvalue weighted by Gasteiger charge is 2.09. The van der Waals surface area contributed by atoms with E-state index >= 15 is 0 Å². The summed E-state index contributed by atoms with van der Waals surface area (Å²) in [5, 5.41) is 0. The molecule has 92 valence electrons. The van der Waals surface area contributed by atoms with Gasteiger partial charge in [-0.2, -0.15) is 0 Å². The molecule has 2 rings (SSSR count). The Balaban J connectivity index is 2.35. The summed E-state index contributed by atoms with van der Waals surface area (Å²) in [6.45, 7) is 0. The minimum Gasteiger partial charge on any atom is -0.256 e. The molecule has 0 unspecified atom stereocenters. The zero-order valence-corrected chi connectivity index (χ0v) is 9.00. The molecular formula is C13H7F4N. The maximum atomic E-state index is 13.2. The van der Waals surface area contributed by atoms with Gasteiger partial charge < -0.3 is 0 Å². The molecule has 1 nitrogen and oxygen atoms in total. The van der Waals surface area contributed by atoms with Crippen molar-refractivity contribution in [3.05, 3.63) is 65.2 Å². The van der Waals surface area contributed by atoms with E-state index in [1.807, 2.05) is 0 Å². The molecule has 18 heavy (non-hydrogen) atoms. The van der Waals surface area contributed by atoms with E-state index in [1.54, 1.807) is 0 Å². The lowest BCUT2D eigenvalue weighted by Gasteiger charge is -1.99. The predicted octanol–water partition coefficient (Wildman–Crippen LogP) is 3.99. The van der Waals surface area contributed by atoms with Crippen LogP contribution in [0.3, 0.4) is 0 Å². The van der Waals surface area contributed by atoms with E-state index in [2.05, 4.69) is 4.99 Å². The summed E-state index contributed by atoms with van der Waals surface area (Å²) < 4.78 is 52.0. The van der Waals surface area contributed by atoms with Crippen molar-refractivity contribution in [2.45, 2.75) is 0 Å². The molecule has 2 aromatic carbocycles. The Labute approximate surface area is 100 Å². The van der Waals surface area contributed by atoms with Crippen molar-refractivity contribution >= 4 is 11.9 Å². The fourth-order valence-corrected chi connectivity index (χ4v) is 1.37. The second-order valence-corrected chi connectivity index (χ2v) is 3.52. The third-order valence-electron chi connectivity index (χ3n) is 2.19. The van der Waals surface area contributed by atoms with Crippen molar-refractivity contribution in [2.75, 3.05) is 0 Å². The molecule has 0 aliphatic rings. The molecule has 5 heteroatoms. The average molecular weight is 253 g/mol. The first-order chi connectivity index (χ1) is 8.56. The second-order valence-electron chi connectivity index (χ2n) is 3.52. The number of nitrogens with zero attached hydrogens (tertiary/aromatic N) is 1. The van der Waals surface area contributed by atoms with Gasteiger partial charge in [0.25, 0.3) is 0 Å². The highest BCUT2D eigenvalue weighted by atomic mass is 19.1. The largest absolute Gasteiger partial charge is 0.256 e. The van der Waals surface area contributed by atoms with Crippen LogP contribution in [0.1, 0.15) is 5.56 Å². The van der Waals surface area contributed by atoms with Crippen LogP contribution in [-0.4, -0.2) is 6.21 Å². The molecule has 0 amide bonds. The predicted molar refractivity (Wildman–Crippen MR) is 60.0 cm³/mol. The van der Waals surface area contributed by atoms with E-state index in [-0.39, 0.29) is 5.69 Å². The summed E-state index contributed by atoms with van der Waals surface area (Å²) in [7, 11) is 0. The standard InChI is InChI=1S/C13H7F4N/c14-8-2-1-3-10(4-8)18-7-11-12(16)5-9(15)6-13(11)17/h1-7H/b18-7+. The van der Waals surface area contributed by atoms with Gasteiger partial charge >= 0.3 is 0 Å². The zero-order valence-electron chi connectivity index (χ0n) is 9.00. The van der Waals surface area contributed by atoms with Crippen LogP contribution in [-0.2, 0) is 0 Å². The number of hydrogen-bond acceptors (Lipinski definition) is 1. The maximum absolute atomic E-state index is 13.2. The first kappa shape index (κ1) is 12.3. The summed E-state index contributed by atoms with van der Waals surface area (Å²) in [6, 6.07) is 6.32. The lowest BCUT2D eigenvalue weighted by atomic mass is 10.2. The van der Waals surface area contributed by atoms with E-state index in [0.717, 1.165) is 12.3 Å². The van der Waals surface area contributed by atoms with Gasteiger partial charge in [0.05, 0.1) is 11.3 Å². The third kappa shape index (κ3) is 2.74. The summed E-state index contributed by atoms with van der Waals surface area (Å²) >= 11 is 0. The van der Waals surface area contributed by atoms with Gasteiger partial charge in [0, 0.05) is 18.3 Å². The molecule has 0 N–H and O–H groups in total. The van der Waals surface area contributed by atoms with Crippen molar-refractivity contribution in [3.63, 3.8) is 0 Å². The van der Waals surface area contributed by atoms with E-state index in [0.29, 0.717) is 12.1 Å². The molecule has 0 heterocycles. The summed E-state index contributed by atoms with van der Waals surface area (Å²) in [4.78, 5) is 3.72. The number of rotatable bonds is 2. The van der Waals surface area contributed by atoms with Crippen LogP contribution >= 0.6 is 0 Å². The molecule has 0 fully saturated rings. The van der Waals surface area contributed by atoms with Crippen LogP contribution in [0.4, 0.5) is 23.2 Å². The Morgan fingerprint density at radius 1 is 0.833 bits per heavy atom. The van der Waals surface area contributed by atoms with Crippen LogP contribution < -0.4 is 0 Å². The minimum absolute atomic E-state index is 0.207. The molecular weight excluding hydrogens is 246 g/mol. The first-order valence-electron chi connectivity index (χ1n) is 5.00. The Kier molecular flexibility index (Phi) is 3.41. The van der Waals surface area contributed by atoms with Crippen LogP contribution in [0.5, 0.6) is 0 Å². The quantitative estimate of drug-likeness (QED) is 0.566. The Morgan fingerprint density at radius 2 is 1.50 bits per heavy atom. The van der Waals surface area contributed by atoms with E-state index in [4.69, 9.17) is 0 Å². The summed E-state index contributed by atoms with van der Waals surface area (Å²) in [5.74, 6) is -3.64. The first-order valence-corrected chi connectivity index (χ1v) is 5.00. The molecule has 0 aromatic heterocycles. The van der Waals surface area contributed by atoms with Gasteiger partial charge in [-0.25, -0.2) is 17.6 Å².